The predicted octanol–water partition coefficient (Wildman–Crippen LogP) is 2.06. The van der Waals surface area contributed by atoms with E-state index in [2.05, 4.69) is 0 Å². The molecule has 0 aromatic carbocycles. The van der Waals surface area contributed by atoms with Crippen LogP contribution >= 0.6 is 11.8 Å². The monoisotopic (exact) mass is 275 g/mol. The van der Waals surface area contributed by atoms with Gasteiger partial charge in [-0.15, -0.1) is 11.8 Å². The van der Waals surface area contributed by atoms with E-state index in [1.54, 1.807) is 4.90 Å². The van der Waals surface area contributed by atoms with Crippen LogP contribution in [-0.4, -0.2) is 52.3 Å². The van der Waals surface area contributed by atoms with Crippen LogP contribution in [0, 0.1) is 5.92 Å². The molecule has 0 aliphatic carbocycles. The number of hydrogen-bond acceptors (Lipinski definition) is 4. The van der Waals surface area contributed by atoms with Gasteiger partial charge in [-0.2, -0.15) is 0 Å². The van der Waals surface area contributed by atoms with E-state index >= 15 is 0 Å². The summed E-state index contributed by atoms with van der Waals surface area (Å²) in [5.41, 5.74) is -0.465. The van der Waals surface area contributed by atoms with E-state index in [0.717, 1.165) is 12.2 Å². The number of carbonyl (C=O) groups excluding carboxylic acids is 1. The molecule has 1 aliphatic rings. The van der Waals surface area contributed by atoms with Gasteiger partial charge in [0, 0.05) is 13.1 Å². The Bertz CT molecular complexity index is 314. The van der Waals surface area contributed by atoms with Gasteiger partial charge in [-0.1, -0.05) is 0 Å². The van der Waals surface area contributed by atoms with Crippen molar-refractivity contribution >= 4 is 23.8 Å². The second-order valence-corrected chi connectivity index (χ2v) is 6.52. The van der Waals surface area contributed by atoms with Crippen LogP contribution in [0.25, 0.3) is 0 Å². The number of hydrogen-bond donors (Lipinski definition) is 1. The Morgan fingerprint density at radius 3 is 2.67 bits per heavy atom. The van der Waals surface area contributed by atoms with Crippen LogP contribution in [0.5, 0.6) is 0 Å². The highest BCUT2D eigenvalue weighted by Crippen LogP contribution is 2.22. The van der Waals surface area contributed by atoms with Gasteiger partial charge in [-0.25, -0.2) is 4.79 Å². The molecule has 1 saturated heterocycles. The van der Waals surface area contributed by atoms with Crippen molar-refractivity contribution in [2.24, 2.45) is 5.92 Å². The standard InChI is InChI=1S/C12H21NO4S/c1-12(2,3)17-11(16)13-5-4-9(6-13)7-18-8-10(14)15/h9H,4-8H2,1-3H3,(H,14,15)/t9-/m0/s1. The molecule has 0 radical (unpaired) electrons. The van der Waals surface area contributed by atoms with Crippen LogP contribution in [-0.2, 0) is 9.53 Å². The largest absolute Gasteiger partial charge is 0.481 e. The summed E-state index contributed by atoms with van der Waals surface area (Å²) in [6.45, 7) is 6.91. The topological polar surface area (TPSA) is 66.8 Å². The van der Waals surface area contributed by atoms with Crippen LogP contribution in [0.1, 0.15) is 27.2 Å². The normalized spacial score (nSPS) is 19.9. The van der Waals surface area contributed by atoms with Gasteiger partial charge in [-0.05, 0) is 38.9 Å². The molecule has 1 heterocycles. The van der Waals surface area contributed by atoms with E-state index in [-0.39, 0.29) is 11.8 Å². The Labute approximate surface area is 112 Å². The lowest BCUT2D eigenvalue weighted by Gasteiger charge is -2.24. The van der Waals surface area contributed by atoms with Crippen molar-refractivity contribution < 1.29 is 19.4 Å². The van der Waals surface area contributed by atoms with Crippen molar-refractivity contribution in [2.75, 3.05) is 24.6 Å². The maximum Gasteiger partial charge on any atom is 0.410 e. The maximum absolute atomic E-state index is 11.8. The summed E-state index contributed by atoms with van der Waals surface area (Å²) in [6, 6.07) is 0. The predicted molar refractivity (Wildman–Crippen MR) is 70.9 cm³/mol. The first kappa shape index (κ1) is 15.1. The van der Waals surface area contributed by atoms with Crippen LogP contribution in [0.4, 0.5) is 4.79 Å². The van der Waals surface area contributed by atoms with Gasteiger partial charge in [0.2, 0.25) is 0 Å². The third-order valence-electron chi connectivity index (χ3n) is 2.52. The Hall–Kier alpha value is -0.910. The Morgan fingerprint density at radius 2 is 2.11 bits per heavy atom. The Morgan fingerprint density at radius 1 is 1.44 bits per heavy atom. The van der Waals surface area contributed by atoms with E-state index in [0.29, 0.717) is 19.0 Å². The number of carboxylic acids is 1. The first-order valence-electron chi connectivity index (χ1n) is 6.05. The van der Waals surface area contributed by atoms with Gasteiger partial charge in [0.25, 0.3) is 0 Å². The van der Waals surface area contributed by atoms with Gasteiger partial charge < -0.3 is 14.7 Å². The number of rotatable bonds is 4. The highest BCUT2D eigenvalue weighted by atomic mass is 32.2. The molecule has 0 aromatic heterocycles. The van der Waals surface area contributed by atoms with E-state index in [1.807, 2.05) is 20.8 Å². The van der Waals surface area contributed by atoms with E-state index in [1.165, 1.54) is 11.8 Å². The lowest BCUT2D eigenvalue weighted by molar-refractivity contribution is -0.133. The zero-order chi connectivity index (χ0) is 13.8. The third-order valence-corrected chi connectivity index (χ3v) is 3.67. The lowest BCUT2D eigenvalue weighted by Crippen LogP contribution is -2.35. The zero-order valence-electron chi connectivity index (χ0n) is 11.1. The van der Waals surface area contributed by atoms with Gasteiger partial charge in [-0.3, -0.25) is 4.79 Å². The summed E-state index contributed by atoms with van der Waals surface area (Å²) in [5.74, 6) is 0.498. The molecule has 1 N–H and O–H groups in total. The summed E-state index contributed by atoms with van der Waals surface area (Å²) in [5, 5.41) is 8.55. The van der Waals surface area contributed by atoms with E-state index in [4.69, 9.17) is 9.84 Å². The molecule has 0 saturated carbocycles. The van der Waals surface area contributed by atoms with Gasteiger partial charge in [0.05, 0.1) is 5.75 Å². The molecule has 1 amide bonds. The molecule has 0 aromatic rings. The minimum Gasteiger partial charge on any atom is -0.481 e. The molecule has 18 heavy (non-hydrogen) atoms. The molecule has 1 fully saturated rings. The number of amides is 1. The molecule has 0 spiro atoms. The summed E-state index contributed by atoms with van der Waals surface area (Å²) in [7, 11) is 0. The summed E-state index contributed by atoms with van der Waals surface area (Å²) in [4.78, 5) is 23.9. The first-order chi connectivity index (χ1) is 8.28. The highest BCUT2D eigenvalue weighted by molar-refractivity contribution is 7.99. The fraction of sp³-hybridized carbons (Fsp3) is 0.833. The number of aliphatic carboxylic acids is 1. The maximum atomic E-state index is 11.8. The average Bonchev–Trinajstić information content (AvgIpc) is 2.63. The quantitative estimate of drug-likeness (QED) is 0.850. The highest BCUT2D eigenvalue weighted by Gasteiger charge is 2.29. The van der Waals surface area contributed by atoms with Gasteiger partial charge in [0.15, 0.2) is 0 Å². The molecule has 1 aliphatic heterocycles. The number of nitrogens with zero attached hydrogens (tertiary/aromatic N) is 1. The number of carbonyl (C=O) groups is 2. The summed E-state index contributed by atoms with van der Waals surface area (Å²) < 4.78 is 5.30. The average molecular weight is 275 g/mol. The number of carboxylic acid groups (broad SMARTS) is 1. The smallest absolute Gasteiger partial charge is 0.410 e. The second kappa shape index (κ2) is 6.31. The fourth-order valence-corrected chi connectivity index (χ4v) is 2.67. The molecule has 1 atom stereocenters. The van der Waals surface area contributed by atoms with Crippen molar-refractivity contribution in [2.45, 2.75) is 32.8 Å². The SMILES string of the molecule is CC(C)(C)OC(=O)N1CC[C@H](CSCC(=O)O)C1. The minimum absolute atomic E-state index is 0.128. The van der Waals surface area contributed by atoms with Crippen LogP contribution in [0.15, 0.2) is 0 Å². The fourth-order valence-electron chi connectivity index (χ4n) is 1.77. The molecule has 1 rings (SSSR count). The van der Waals surface area contributed by atoms with Crippen LogP contribution in [0.3, 0.4) is 0 Å². The van der Waals surface area contributed by atoms with Gasteiger partial charge in [0.1, 0.15) is 5.60 Å². The van der Waals surface area contributed by atoms with Crippen molar-refractivity contribution in [1.29, 1.82) is 0 Å². The molecule has 104 valence electrons. The molecule has 0 unspecified atom stereocenters. The number of likely N-dealkylation sites (tertiary alicyclic amines) is 1. The van der Waals surface area contributed by atoms with Crippen molar-refractivity contribution in [3.05, 3.63) is 0 Å². The van der Waals surface area contributed by atoms with Crippen molar-refractivity contribution in [3.8, 4) is 0 Å². The summed E-state index contributed by atoms with van der Waals surface area (Å²) in [6.07, 6.45) is 0.652. The molecule has 6 heteroatoms. The molecular weight excluding hydrogens is 254 g/mol. The van der Waals surface area contributed by atoms with Crippen LogP contribution < -0.4 is 0 Å². The third kappa shape index (κ3) is 5.62. The molecular formula is C12H21NO4S. The summed E-state index contributed by atoms with van der Waals surface area (Å²) >= 11 is 1.41. The minimum atomic E-state index is -0.790. The van der Waals surface area contributed by atoms with Crippen LogP contribution in [0.2, 0.25) is 0 Å². The van der Waals surface area contributed by atoms with Crippen molar-refractivity contribution in [1.82, 2.24) is 4.90 Å². The first-order valence-corrected chi connectivity index (χ1v) is 7.21. The van der Waals surface area contributed by atoms with E-state index in [9.17, 15) is 9.59 Å². The Balaban J connectivity index is 2.28. The Kier molecular flexibility index (Phi) is 5.31. The second-order valence-electron chi connectivity index (χ2n) is 5.49. The number of thioether (sulfide) groups is 1. The van der Waals surface area contributed by atoms with E-state index < -0.39 is 11.6 Å². The van der Waals surface area contributed by atoms with Gasteiger partial charge >= 0.3 is 12.1 Å². The zero-order valence-corrected chi connectivity index (χ0v) is 12.0. The lowest BCUT2D eigenvalue weighted by atomic mass is 10.2. The number of ether oxygens (including phenoxy) is 1. The molecule has 5 nitrogen and oxygen atoms in total. The van der Waals surface area contributed by atoms with Crippen molar-refractivity contribution in [3.63, 3.8) is 0 Å². The molecule has 0 bridgehead atoms.